The molecule has 0 radical (unpaired) electrons. The predicted octanol–water partition coefficient (Wildman–Crippen LogP) is 0.561. The summed E-state index contributed by atoms with van der Waals surface area (Å²) in [5.74, 6) is 0.0372. The van der Waals surface area contributed by atoms with Crippen molar-refractivity contribution in [1.82, 2.24) is 9.21 Å². The van der Waals surface area contributed by atoms with Gasteiger partial charge in [-0.3, -0.25) is 9.69 Å². The van der Waals surface area contributed by atoms with Crippen molar-refractivity contribution in [2.24, 2.45) is 0 Å². The van der Waals surface area contributed by atoms with Crippen LogP contribution in [0, 0.1) is 0 Å². The summed E-state index contributed by atoms with van der Waals surface area (Å²) in [6.45, 7) is 2.50. The zero-order valence-corrected chi connectivity index (χ0v) is 11.3. The predicted molar refractivity (Wildman–Crippen MR) is 67.4 cm³/mol. The summed E-state index contributed by atoms with van der Waals surface area (Å²) in [5.41, 5.74) is 0. The van der Waals surface area contributed by atoms with Gasteiger partial charge in [0.2, 0.25) is 5.09 Å². The van der Waals surface area contributed by atoms with E-state index in [2.05, 4.69) is 4.90 Å². The Balaban J connectivity index is 1.72. The second kappa shape index (κ2) is 4.73. The number of aldehydes is 1. The molecule has 1 aliphatic carbocycles. The lowest BCUT2D eigenvalue weighted by atomic mass is 10.3. The van der Waals surface area contributed by atoms with Gasteiger partial charge in [0.25, 0.3) is 10.0 Å². The Hall–Kier alpha value is -1.18. The van der Waals surface area contributed by atoms with Gasteiger partial charge in [0.15, 0.2) is 12.0 Å². The molecule has 1 saturated heterocycles. The van der Waals surface area contributed by atoms with Gasteiger partial charge in [-0.2, -0.15) is 4.31 Å². The Bertz CT molecular complexity index is 568. The summed E-state index contributed by atoms with van der Waals surface area (Å²) in [6, 6.07) is 3.38. The number of sulfonamides is 1. The molecule has 1 saturated carbocycles. The molecular weight excluding hydrogens is 268 g/mol. The zero-order chi connectivity index (χ0) is 13.5. The molecule has 0 amide bonds. The monoisotopic (exact) mass is 284 g/mol. The summed E-state index contributed by atoms with van der Waals surface area (Å²) >= 11 is 0. The number of piperazine rings is 1. The van der Waals surface area contributed by atoms with Crippen molar-refractivity contribution >= 4 is 16.3 Å². The van der Waals surface area contributed by atoms with Crippen molar-refractivity contribution in [2.75, 3.05) is 26.2 Å². The van der Waals surface area contributed by atoms with E-state index in [1.807, 2.05) is 0 Å². The molecule has 19 heavy (non-hydrogen) atoms. The van der Waals surface area contributed by atoms with Gasteiger partial charge >= 0.3 is 0 Å². The van der Waals surface area contributed by atoms with E-state index < -0.39 is 10.0 Å². The van der Waals surface area contributed by atoms with Crippen molar-refractivity contribution < 1.29 is 17.6 Å². The molecule has 1 aromatic rings. The highest BCUT2D eigenvalue weighted by atomic mass is 32.2. The molecule has 6 nitrogen and oxygen atoms in total. The van der Waals surface area contributed by atoms with E-state index >= 15 is 0 Å². The van der Waals surface area contributed by atoms with Gasteiger partial charge in [-0.15, -0.1) is 0 Å². The lowest BCUT2D eigenvalue weighted by molar-refractivity contribution is 0.109. The number of carbonyl (C=O) groups is 1. The van der Waals surface area contributed by atoms with Crippen LogP contribution in [0.1, 0.15) is 23.4 Å². The topological polar surface area (TPSA) is 70.8 Å². The van der Waals surface area contributed by atoms with Crippen molar-refractivity contribution in [3.05, 3.63) is 17.9 Å². The third-order valence-corrected chi connectivity index (χ3v) is 5.42. The number of rotatable bonds is 4. The van der Waals surface area contributed by atoms with Crippen molar-refractivity contribution in [1.29, 1.82) is 0 Å². The fourth-order valence-electron chi connectivity index (χ4n) is 2.41. The molecule has 3 rings (SSSR count). The van der Waals surface area contributed by atoms with Crippen LogP contribution in [0.5, 0.6) is 0 Å². The average molecular weight is 284 g/mol. The van der Waals surface area contributed by atoms with E-state index in [0.29, 0.717) is 25.4 Å². The molecule has 0 bridgehead atoms. The van der Waals surface area contributed by atoms with E-state index in [1.54, 1.807) is 0 Å². The van der Waals surface area contributed by atoms with Crippen LogP contribution in [0.3, 0.4) is 0 Å². The number of furan rings is 1. The summed E-state index contributed by atoms with van der Waals surface area (Å²) in [6.07, 6.45) is 2.96. The van der Waals surface area contributed by atoms with Crippen LogP contribution in [0.25, 0.3) is 0 Å². The van der Waals surface area contributed by atoms with Gasteiger partial charge < -0.3 is 4.42 Å². The fraction of sp³-hybridized carbons (Fsp3) is 0.583. The van der Waals surface area contributed by atoms with Crippen LogP contribution in [-0.2, 0) is 10.0 Å². The Morgan fingerprint density at radius 1 is 1.16 bits per heavy atom. The minimum atomic E-state index is -3.60. The van der Waals surface area contributed by atoms with Gasteiger partial charge in [-0.1, -0.05) is 0 Å². The molecule has 1 aliphatic heterocycles. The molecule has 2 fully saturated rings. The van der Waals surface area contributed by atoms with Crippen molar-refractivity contribution in [3.63, 3.8) is 0 Å². The van der Waals surface area contributed by atoms with E-state index in [9.17, 15) is 13.2 Å². The van der Waals surface area contributed by atoms with Crippen LogP contribution in [-0.4, -0.2) is 56.1 Å². The molecule has 2 aliphatic rings. The Morgan fingerprint density at radius 3 is 2.37 bits per heavy atom. The summed E-state index contributed by atoms with van der Waals surface area (Å²) in [5, 5.41) is -0.144. The molecule has 1 aromatic heterocycles. The minimum absolute atomic E-state index is 0.0372. The van der Waals surface area contributed by atoms with Crippen LogP contribution in [0.4, 0.5) is 0 Å². The lowest BCUT2D eigenvalue weighted by Gasteiger charge is -2.33. The normalized spacial score (nSPS) is 22.5. The number of nitrogens with zero attached hydrogens (tertiary/aromatic N) is 2. The summed E-state index contributed by atoms with van der Waals surface area (Å²) in [4.78, 5) is 12.9. The van der Waals surface area contributed by atoms with Crippen molar-refractivity contribution in [2.45, 2.75) is 24.0 Å². The van der Waals surface area contributed by atoms with Gasteiger partial charge in [0, 0.05) is 32.2 Å². The standard InChI is InChI=1S/C12H16N2O4S/c15-9-11-3-4-12(18-11)19(16,17)14-7-5-13(6-8-14)10-1-2-10/h3-4,9-10H,1-2,5-8H2. The van der Waals surface area contributed by atoms with Gasteiger partial charge in [0.1, 0.15) is 0 Å². The summed E-state index contributed by atoms with van der Waals surface area (Å²) in [7, 11) is -3.60. The number of hydrogen-bond acceptors (Lipinski definition) is 5. The van der Waals surface area contributed by atoms with Crippen LogP contribution < -0.4 is 0 Å². The Labute approximate surface area is 112 Å². The molecule has 7 heteroatoms. The van der Waals surface area contributed by atoms with Crippen LogP contribution in [0.2, 0.25) is 0 Å². The first-order chi connectivity index (χ1) is 9.11. The van der Waals surface area contributed by atoms with Crippen LogP contribution >= 0.6 is 0 Å². The van der Waals surface area contributed by atoms with Gasteiger partial charge in [-0.25, -0.2) is 8.42 Å². The maximum Gasteiger partial charge on any atom is 0.276 e. The molecule has 0 aromatic carbocycles. The van der Waals surface area contributed by atoms with Crippen LogP contribution in [0.15, 0.2) is 21.6 Å². The first-order valence-electron chi connectivity index (χ1n) is 6.40. The number of hydrogen-bond donors (Lipinski definition) is 0. The third kappa shape index (κ3) is 2.45. The lowest BCUT2D eigenvalue weighted by Crippen LogP contribution is -2.49. The second-order valence-electron chi connectivity index (χ2n) is 4.95. The first kappa shape index (κ1) is 12.8. The molecule has 104 valence electrons. The molecular formula is C12H16N2O4S. The van der Waals surface area contributed by atoms with Gasteiger partial charge in [0.05, 0.1) is 0 Å². The van der Waals surface area contributed by atoms with Gasteiger partial charge in [-0.05, 0) is 25.0 Å². The Kier molecular flexibility index (Phi) is 3.20. The SMILES string of the molecule is O=Cc1ccc(S(=O)(=O)N2CCN(C3CC3)CC2)o1. The average Bonchev–Trinajstić information content (AvgIpc) is 3.15. The van der Waals surface area contributed by atoms with E-state index in [0.717, 1.165) is 13.1 Å². The Morgan fingerprint density at radius 2 is 1.84 bits per heavy atom. The highest BCUT2D eigenvalue weighted by molar-refractivity contribution is 7.89. The molecule has 2 heterocycles. The number of carbonyl (C=O) groups excluding carboxylic acids is 1. The molecule has 0 unspecified atom stereocenters. The fourth-order valence-corrected chi connectivity index (χ4v) is 3.75. The largest absolute Gasteiger partial charge is 0.440 e. The van der Waals surface area contributed by atoms with E-state index in [1.165, 1.54) is 29.3 Å². The quantitative estimate of drug-likeness (QED) is 0.756. The van der Waals surface area contributed by atoms with Crippen molar-refractivity contribution in [3.8, 4) is 0 Å². The molecule has 0 N–H and O–H groups in total. The maximum absolute atomic E-state index is 12.3. The van der Waals surface area contributed by atoms with E-state index in [4.69, 9.17) is 4.42 Å². The maximum atomic E-state index is 12.3. The zero-order valence-electron chi connectivity index (χ0n) is 10.5. The highest BCUT2D eigenvalue weighted by Gasteiger charge is 2.35. The van der Waals surface area contributed by atoms with E-state index in [-0.39, 0.29) is 10.9 Å². The summed E-state index contributed by atoms with van der Waals surface area (Å²) < 4.78 is 31.1. The first-order valence-corrected chi connectivity index (χ1v) is 7.84. The molecule has 0 atom stereocenters. The second-order valence-corrected chi connectivity index (χ2v) is 6.81. The molecule has 0 spiro atoms. The highest BCUT2D eigenvalue weighted by Crippen LogP contribution is 2.28. The minimum Gasteiger partial charge on any atom is -0.440 e. The smallest absolute Gasteiger partial charge is 0.276 e. The third-order valence-electron chi connectivity index (χ3n) is 3.65.